The predicted octanol–water partition coefficient (Wildman–Crippen LogP) is 1.80. The third-order valence-electron chi connectivity index (χ3n) is 4.94. The van der Waals surface area contributed by atoms with Crippen LogP contribution in [0.2, 0.25) is 0 Å². The molecule has 0 saturated carbocycles. The second-order valence-corrected chi connectivity index (χ2v) is 6.66. The molecule has 0 aliphatic carbocycles. The van der Waals surface area contributed by atoms with E-state index < -0.39 is 30.1 Å². The molecule has 0 fully saturated rings. The Kier molecular flexibility index (Phi) is 8.08. The van der Waals surface area contributed by atoms with Crippen LogP contribution in [0, 0.1) is 18.0 Å². The van der Waals surface area contributed by atoms with Crippen LogP contribution < -0.4 is 4.73 Å². The quantitative estimate of drug-likeness (QED) is 0.273. The summed E-state index contributed by atoms with van der Waals surface area (Å²) in [5.41, 5.74) is 1.55. The van der Waals surface area contributed by atoms with E-state index in [1.165, 1.54) is 20.4 Å². The van der Waals surface area contributed by atoms with Gasteiger partial charge in [-0.3, -0.25) is 9.79 Å². The average Bonchev–Trinajstić information content (AvgIpc) is 2.70. The molecule has 0 spiro atoms. The minimum Gasteiger partial charge on any atom is -0.619 e. The highest BCUT2D eigenvalue weighted by Crippen LogP contribution is 2.42. The smallest absolute Gasteiger partial charge is 0.336 e. The highest BCUT2D eigenvalue weighted by atomic mass is 16.7. The molecular weight excluding hydrogens is 392 g/mol. The maximum absolute atomic E-state index is 13.1. The van der Waals surface area contributed by atoms with Crippen molar-refractivity contribution in [1.29, 1.82) is 0 Å². The lowest BCUT2D eigenvalue weighted by Gasteiger charge is -2.33. The van der Waals surface area contributed by atoms with Crippen molar-refractivity contribution in [2.45, 2.75) is 39.9 Å². The molecule has 1 aliphatic rings. The fourth-order valence-electron chi connectivity index (χ4n) is 3.61. The summed E-state index contributed by atoms with van der Waals surface area (Å²) >= 11 is 0. The number of methoxy groups -OCH3 is 2. The van der Waals surface area contributed by atoms with E-state index in [9.17, 15) is 14.8 Å². The minimum absolute atomic E-state index is 0.100. The fraction of sp³-hybridized carbons (Fsp3) is 0.524. The van der Waals surface area contributed by atoms with E-state index in [-0.39, 0.29) is 24.5 Å². The summed E-state index contributed by atoms with van der Waals surface area (Å²) in [5.74, 6) is -2.98. The van der Waals surface area contributed by atoms with Crippen molar-refractivity contribution in [3.05, 3.63) is 46.1 Å². The van der Waals surface area contributed by atoms with Gasteiger partial charge in [0.05, 0.1) is 18.8 Å². The molecule has 1 aromatic rings. The zero-order valence-corrected chi connectivity index (χ0v) is 18.1. The van der Waals surface area contributed by atoms with Gasteiger partial charge in [0, 0.05) is 44.4 Å². The Hall–Kier alpha value is -2.78. The van der Waals surface area contributed by atoms with Gasteiger partial charge in [0.15, 0.2) is 11.9 Å². The van der Waals surface area contributed by atoms with Gasteiger partial charge in [-0.15, -0.1) is 0 Å². The third kappa shape index (κ3) is 4.52. The first kappa shape index (κ1) is 23.5. The van der Waals surface area contributed by atoms with Crippen LogP contribution in [0.25, 0.3) is 0 Å². The summed E-state index contributed by atoms with van der Waals surface area (Å²) in [6.45, 7) is 6.95. The Labute approximate surface area is 175 Å². The van der Waals surface area contributed by atoms with Crippen molar-refractivity contribution in [1.82, 2.24) is 0 Å². The number of rotatable bonds is 8. The maximum Gasteiger partial charge on any atom is 0.336 e. The van der Waals surface area contributed by atoms with Crippen molar-refractivity contribution in [2.75, 3.05) is 27.4 Å². The number of hydrogen-bond acceptors (Lipinski definition) is 8. The van der Waals surface area contributed by atoms with Gasteiger partial charge in [0.1, 0.15) is 11.6 Å². The topological polar surface area (TPSA) is 110 Å². The Bertz CT molecular complexity index is 859. The predicted molar refractivity (Wildman–Crippen MR) is 108 cm³/mol. The molecule has 9 nitrogen and oxygen atoms in total. The van der Waals surface area contributed by atoms with Crippen LogP contribution >= 0.6 is 0 Å². The van der Waals surface area contributed by atoms with Gasteiger partial charge in [-0.2, -0.15) is 4.73 Å². The van der Waals surface area contributed by atoms with Crippen LogP contribution in [-0.2, 0) is 28.5 Å². The molecule has 2 rings (SSSR count). The largest absolute Gasteiger partial charge is 0.619 e. The molecular formula is C21H28N2O7. The summed E-state index contributed by atoms with van der Waals surface area (Å²) < 4.78 is 21.9. The zero-order valence-electron chi connectivity index (χ0n) is 18.1. The number of esters is 2. The number of pyridine rings is 1. The summed E-state index contributed by atoms with van der Waals surface area (Å²) in [5, 5.41) is 12.3. The number of hydrogen-bond donors (Lipinski definition) is 0. The molecule has 9 heteroatoms. The first-order valence-electron chi connectivity index (χ1n) is 9.69. The number of nitrogens with zero attached hydrogens (tertiary/aromatic N) is 2. The van der Waals surface area contributed by atoms with E-state index in [0.29, 0.717) is 21.7 Å². The lowest BCUT2D eigenvalue weighted by atomic mass is 9.75. The number of ether oxygens (including phenoxy) is 4. The van der Waals surface area contributed by atoms with Crippen LogP contribution in [0.15, 0.2) is 34.6 Å². The van der Waals surface area contributed by atoms with Crippen LogP contribution in [0.1, 0.15) is 37.9 Å². The Morgan fingerprint density at radius 2 is 1.80 bits per heavy atom. The third-order valence-corrected chi connectivity index (χ3v) is 4.94. The van der Waals surface area contributed by atoms with E-state index in [1.54, 1.807) is 39.8 Å². The SMILES string of the molecule is CCOC(=O)C1=C(C(OC)OC)N=C(C)C(C(=O)OCC)C1c1ccc[n+]([O-])c1C. The molecule has 2 atom stereocenters. The first-order chi connectivity index (χ1) is 14.3. The molecule has 164 valence electrons. The Morgan fingerprint density at radius 1 is 1.17 bits per heavy atom. The van der Waals surface area contributed by atoms with Crippen molar-refractivity contribution in [3.63, 3.8) is 0 Å². The monoisotopic (exact) mass is 420 g/mol. The summed E-state index contributed by atoms with van der Waals surface area (Å²) in [7, 11) is 2.83. The fourth-order valence-corrected chi connectivity index (χ4v) is 3.61. The Morgan fingerprint density at radius 3 is 2.37 bits per heavy atom. The van der Waals surface area contributed by atoms with Crippen LogP contribution in [0.5, 0.6) is 0 Å². The van der Waals surface area contributed by atoms with Gasteiger partial charge < -0.3 is 24.2 Å². The minimum atomic E-state index is -0.964. The van der Waals surface area contributed by atoms with Crippen LogP contribution in [-0.4, -0.2) is 51.4 Å². The second kappa shape index (κ2) is 10.3. The molecule has 0 amide bonds. The molecule has 2 heterocycles. The van der Waals surface area contributed by atoms with E-state index >= 15 is 0 Å². The molecule has 0 saturated heterocycles. The van der Waals surface area contributed by atoms with E-state index in [1.807, 2.05) is 0 Å². The second-order valence-electron chi connectivity index (χ2n) is 6.66. The standard InChI is InChI=1S/C21H28N2O7/c1-7-29-19(24)15-12(3)22-18(21(27-5)28-6)17(20(25)30-8-2)16(15)14-10-9-11-23(26)13(14)4/h9-11,15-16,21H,7-8H2,1-6H3. The van der Waals surface area contributed by atoms with Gasteiger partial charge >= 0.3 is 11.9 Å². The Balaban J connectivity index is 2.85. The molecule has 0 N–H and O–H groups in total. The highest BCUT2D eigenvalue weighted by molar-refractivity contribution is 6.07. The molecule has 0 aromatic carbocycles. The van der Waals surface area contributed by atoms with Gasteiger partial charge in [-0.1, -0.05) is 0 Å². The summed E-state index contributed by atoms with van der Waals surface area (Å²) in [6, 6.07) is 3.26. The lowest BCUT2D eigenvalue weighted by molar-refractivity contribution is -0.612. The van der Waals surface area contributed by atoms with Crippen molar-refractivity contribution >= 4 is 17.7 Å². The van der Waals surface area contributed by atoms with E-state index in [0.717, 1.165) is 0 Å². The van der Waals surface area contributed by atoms with Gasteiger partial charge in [-0.25, -0.2) is 4.79 Å². The number of aliphatic imine (C=N–C) groups is 1. The van der Waals surface area contributed by atoms with E-state index in [4.69, 9.17) is 18.9 Å². The molecule has 2 unspecified atom stereocenters. The van der Waals surface area contributed by atoms with Crippen LogP contribution in [0.3, 0.4) is 0 Å². The van der Waals surface area contributed by atoms with E-state index in [2.05, 4.69) is 4.99 Å². The van der Waals surface area contributed by atoms with Crippen molar-refractivity contribution < 1.29 is 33.3 Å². The number of carbonyl (C=O) groups is 2. The van der Waals surface area contributed by atoms with Gasteiger partial charge in [0.25, 0.3) is 0 Å². The zero-order chi connectivity index (χ0) is 22.4. The normalized spacial score (nSPS) is 19.0. The summed E-state index contributed by atoms with van der Waals surface area (Å²) in [4.78, 5) is 30.4. The molecule has 0 radical (unpaired) electrons. The average molecular weight is 420 g/mol. The molecule has 0 bridgehead atoms. The van der Waals surface area contributed by atoms with Gasteiger partial charge in [-0.05, 0) is 26.8 Å². The van der Waals surface area contributed by atoms with Crippen molar-refractivity contribution in [2.24, 2.45) is 10.9 Å². The molecule has 1 aromatic heterocycles. The number of carbonyl (C=O) groups excluding carboxylic acids is 2. The lowest BCUT2D eigenvalue weighted by Crippen LogP contribution is -2.41. The molecule has 1 aliphatic heterocycles. The molecule has 30 heavy (non-hydrogen) atoms. The van der Waals surface area contributed by atoms with Crippen molar-refractivity contribution in [3.8, 4) is 0 Å². The van der Waals surface area contributed by atoms with Gasteiger partial charge in [0.2, 0.25) is 6.29 Å². The highest BCUT2D eigenvalue weighted by Gasteiger charge is 2.46. The number of aromatic nitrogens is 1. The summed E-state index contributed by atoms with van der Waals surface area (Å²) in [6.07, 6.45) is 0.386. The first-order valence-corrected chi connectivity index (χ1v) is 9.69. The van der Waals surface area contributed by atoms with Crippen LogP contribution in [0.4, 0.5) is 0 Å². The maximum atomic E-state index is 13.1.